The van der Waals surface area contributed by atoms with Crippen molar-refractivity contribution in [3.63, 3.8) is 0 Å². The first-order valence-corrected chi connectivity index (χ1v) is 8.55. The Morgan fingerprint density at radius 3 is 2.48 bits per heavy atom. The fourth-order valence-electron chi connectivity index (χ4n) is 2.11. The van der Waals surface area contributed by atoms with Crippen molar-refractivity contribution in [2.24, 2.45) is 0 Å². The van der Waals surface area contributed by atoms with Crippen molar-refractivity contribution in [2.45, 2.75) is 0 Å². The van der Waals surface area contributed by atoms with Crippen LogP contribution in [-0.2, 0) is 4.79 Å². The molecular weight excluding hydrogens is 426 g/mol. The van der Waals surface area contributed by atoms with Crippen molar-refractivity contribution >= 4 is 49.5 Å². The molecule has 0 spiro atoms. The van der Waals surface area contributed by atoms with Crippen LogP contribution in [0.25, 0.3) is 6.08 Å². The van der Waals surface area contributed by atoms with Crippen molar-refractivity contribution in [3.05, 3.63) is 57.0 Å². The third kappa shape index (κ3) is 3.95. The van der Waals surface area contributed by atoms with E-state index in [0.29, 0.717) is 30.4 Å². The summed E-state index contributed by atoms with van der Waals surface area (Å²) in [6, 6.07) is 11.2. The molecule has 118 valence electrons. The second-order valence-electron chi connectivity index (χ2n) is 4.82. The molecule has 0 unspecified atom stereocenters. The number of hydrogen-bond donors (Lipinski definition) is 1. The molecule has 2 aromatic rings. The lowest BCUT2D eigenvalue weighted by molar-refractivity contribution is -0.111. The summed E-state index contributed by atoms with van der Waals surface area (Å²) >= 11 is 6.87. The third-order valence-corrected chi connectivity index (χ3v) is 4.59. The van der Waals surface area contributed by atoms with E-state index in [1.165, 1.54) is 6.08 Å². The Hall–Kier alpha value is -1.79. The van der Waals surface area contributed by atoms with Gasteiger partial charge in [0, 0.05) is 27.2 Å². The van der Waals surface area contributed by atoms with Crippen LogP contribution in [0.4, 0.5) is 5.69 Å². The molecule has 0 atom stereocenters. The van der Waals surface area contributed by atoms with Gasteiger partial charge in [-0.2, -0.15) is 0 Å². The molecule has 1 N–H and O–H groups in total. The predicted molar refractivity (Wildman–Crippen MR) is 96.9 cm³/mol. The molecule has 0 aromatic heterocycles. The van der Waals surface area contributed by atoms with Crippen LogP contribution in [0.5, 0.6) is 11.5 Å². The monoisotopic (exact) mass is 437 g/mol. The maximum atomic E-state index is 12.1. The summed E-state index contributed by atoms with van der Waals surface area (Å²) in [5.74, 6) is 1.08. The number of fused-ring (bicyclic) bond motifs is 1. The topological polar surface area (TPSA) is 47.6 Å². The number of anilines is 1. The van der Waals surface area contributed by atoms with Crippen LogP contribution < -0.4 is 14.8 Å². The van der Waals surface area contributed by atoms with Crippen molar-refractivity contribution < 1.29 is 14.3 Å². The number of nitrogens with one attached hydrogen (secondary N) is 1. The van der Waals surface area contributed by atoms with E-state index in [9.17, 15) is 4.79 Å². The van der Waals surface area contributed by atoms with Gasteiger partial charge in [0.05, 0.1) is 5.69 Å². The van der Waals surface area contributed by atoms with E-state index in [2.05, 4.69) is 37.2 Å². The number of benzene rings is 2. The van der Waals surface area contributed by atoms with Crippen LogP contribution in [-0.4, -0.2) is 19.1 Å². The molecule has 1 heterocycles. The highest BCUT2D eigenvalue weighted by atomic mass is 79.9. The lowest BCUT2D eigenvalue weighted by atomic mass is 10.2. The molecular formula is C17H13Br2NO3. The average molecular weight is 439 g/mol. The zero-order valence-electron chi connectivity index (χ0n) is 12.0. The SMILES string of the molecule is O=C(C=Cc1ccccc1Br)Nc1cc2c(cc1Br)OCCO2. The molecule has 2 aromatic carbocycles. The maximum Gasteiger partial charge on any atom is 0.248 e. The number of carbonyl (C=O) groups excluding carboxylic acids is 1. The van der Waals surface area contributed by atoms with Gasteiger partial charge >= 0.3 is 0 Å². The van der Waals surface area contributed by atoms with Crippen LogP contribution in [0.15, 0.2) is 51.4 Å². The van der Waals surface area contributed by atoms with Crippen molar-refractivity contribution in [1.82, 2.24) is 0 Å². The normalized spacial score (nSPS) is 13.1. The standard InChI is InChI=1S/C17H13Br2NO3/c18-12-4-2-1-3-11(12)5-6-17(21)20-14-10-16-15(9-13(14)19)22-7-8-23-16/h1-6,9-10H,7-8H2,(H,20,21). The minimum absolute atomic E-state index is 0.224. The predicted octanol–water partition coefficient (Wildman–Crippen LogP) is 4.63. The second kappa shape index (κ2) is 7.19. The van der Waals surface area contributed by atoms with Gasteiger partial charge in [-0.3, -0.25) is 4.79 Å². The molecule has 23 heavy (non-hydrogen) atoms. The molecule has 0 saturated heterocycles. The van der Waals surface area contributed by atoms with Gasteiger partial charge in [0.1, 0.15) is 13.2 Å². The molecule has 1 amide bonds. The fraction of sp³-hybridized carbons (Fsp3) is 0.118. The average Bonchev–Trinajstić information content (AvgIpc) is 2.55. The number of carbonyl (C=O) groups is 1. The van der Waals surface area contributed by atoms with Gasteiger partial charge in [-0.05, 0) is 33.6 Å². The molecule has 0 saturated carbocycles. The van der Waals surface area contributed by atoms with E-state index in [0.717, 1.165) is 14.5 Å². The zero-order valence-corrected chi connectivity index (χ0v) is 15.2. The molecule has 0 fully saturated rings. The van der Waals surface area contributed by atoms with E-state index in [1.54, 1.807) is 18.2 Å². The number of amides is 1. The number of ether oxygens (including phenoxy) is 2. The van der Waals surface area contributed by atoms with E-state index < -0.39 is 0 Å². The highest BCUT2D eigenvalue weighted by Gasteiger charge is 2.15. The molecule has 1 aliphatic rings. The number of halogens is 2. The highest BCUT2D eigenvalue weighted by molar-refractivity contribution is 9.11. The Balaban J connectivity index is 1.74. The van der Waals surface area contributed by atoms with Crippen LogP contribution in [0.3, 0.4) is 0 Å². The Labute approximate surface area is 150 Å². The quantitative estimate of drug-likeness (QED) is 0.710. The van der Waals surface area contributed by atoms with Gasteiger partial charge < -0.3 is 14.8 Å². The highest BCUT2D eigenvalue weighted by Crippen LogP contribution is 2.38. The van der Waals surface area contributed by atoms with Gasteiger partial charge in [-0.15, -0.1) is 0 Å². The Bertz CT molecular complexity index is 774. The molecule has 3 rings (SSSR count). The third-order valence-electron chi connectivity index (χ3n) is 3.21. The Morgan fingerprint density at radius 2 is 1.74 bits per heavy atom. The summed E-state index contributed by atoms with van der Waals surface area (Å²) in [5.41, 5.74) is 1.57. The smallest absolute Gasteiger partial charge is 0.248 e. The van der Waals surface area contributed by atoms with Gasteiger partial charge in [0.15, 0.2) is 11.5 Å². The van der Waals surface area contributed by atoms with E-state index in [1.807, 2.05) is 24.3 Å². The van der Waals surface area contributed by atoms with E-state index >= 15 is 0 Å². The first kappa shape index (κ1) is 16.1. The number of hydrogen-bond acceptors (Lipinski definition) is 3. The van der Waals surface area contributed by atoms with Gasteiger partial charge in [-0.25, -0.2) is 0 Å². The molecule has 4 nitrogen and oxygen atoms in total. The summed E-state index contributed by atoms with van der Waals surface area (Å²) in [4.78, 5) is 12.1. The molecule has 0 aliphatic carbocycles. The first-order chi connectivity index (χ1) is 11.1. The molecule has 6 heteroatoms. The Kier molecular flexibility index (Phi) is 5.03. The second-order valence-corrected chi connectivity index (χ2v) is 6.53. The van der Waals surface area contributed by atoms with Crippen molar-refractivity contribution in [3.8, 4) is 11.5 Å². The lowest BCUT2D eigenvalue weighted by Gasteiger charge is -2.19. The number of rotatable bonds is 3. The van der Waals surface area contributed by atoms with E-state index in [4.69, 9.17) is 9.47 Å². The molecule has 0 radical (unpaired) electrons. The molecule has 1 aliphatic heterocycles. The van der Waals surface area contributed by atoms with Crippen LogP contribution in [0.1, 0.15) is 5.56 Å². The molecule has 0 bridgehead atoms. The van der Waals surface area contributed by atoms with E-state index in [-0.39, 0.29) is 5.91 Å². The van der Waals surface area contributed by atoms with Crippen LogP contribution in [0, 0.1) is 0 Å². The summed E-state index contributed by atoms with van der Waals surface area (Å²) < 4.78 is 12.7. The minimum atomic E-state index is -0.224. The van der Waals surface area contributed by atoms with Crippen LogP contribution in [0.2, 0.25) is 0 Å². The van der Waals surface area contributed by atoms with Gasteiger partial charge in [0.25, 0.3) is 0 Å². The van der Waals surface area contributed by atoms with Gasteiger partial charge in [-0.1, -0.05) is 34.1 Å². The maximum absolute atomic E-state index is 12.1. The van der Waals surface area contributed by atoms with Gasteiger partial charge in [0.2, 0.25) is 5.91 Å². The fourth-order valence-corrected chi connectivity index (χ4v) is 2.95. The zero-order chi connectivity index (χ0) is 16.2. The van der Waals surface area contributed by atoms with Crippen LogP contribution >= 0.6 is 31.9 Å². The largest absolute Gasteiger partial charge is 0.486 e. The first-order valence-electron chi connectivity index (χ1n) is 6.96. The summed E-state index contributed by atoms with van der Waals surface area (Å²) in [7, 11) is 0. The Morgan fingerprint density at radius 1 is 1.04 bits per heavy atom. The van der Waals surface area contributed by atoms with Crippen molar-refractivity contribution in [1.29, 1.82) is 0 Å². The summed E-state index contributed by atoms with van der Waals surface area (Å²) in [5, 5.41) is 2.83. The lowest BCUT2D eigenvalue weighted by Crippen LogP contribution is -2.16. The summed E-state index contributed by atoms with van der Waals surface area (Å²) in [6.07, 6.45) is 3.24. The summed E-state index contributed by atoms with van der Waals surface area (Å²) in [6.45, 7) is 1.03. The minimum Gasteiger partial charge on any atom is -0.486 e. The van der Waals surface area contributed by atoms with Crippen molar-refractivity contribution in [2.75, 3.05) is 18.5 Å².